The van der Waals surface area contributed by atoms with Crippen molar-refractivity contribution in [3.8, 4) is 0 Å². The number of aliphatic hydroxyl groups is 1. The molecule has 220 valence electrons. The molecule has 0 fully saturated rings. The zero-order valence-electron chi connectivity index (χ0n) is 23.9. The standard InChI is InChI=1S/C35H40N2O5/c38-22-21-37(25-28-15-7-2-8-16-28)33(39)24-30-19-11-4-12-20-31(23-27-13-5-1-6-14-27)35(41)42-26-32(36-34(30)40)29-17-9-3-10-18-29/h1-11,13-18,30-32,38H,12,19-26H2,(H,36,40)/t30-,31-,32-/m1/s1. The molecule has 1 aliphatic heterocycles. The molecule has 4 rings (SSSR count). The first-order valence-electron chi connectivity index (χ1n) is 14.7. The van der Waals surface area contributed by atoms with Gasteiger partial charge in [-0.15, -0.1) is 0 Å². The van der Waals surface area contributed by atoms with E-state index in [1.54, 1.807) is 4.90 Å². The number of amides is 2. The van der Waals surface area contributed by atoms with E-state index in [1.165, 1.54) is 0 Å². The molecule has 0 aliphatic carbocycles. The minimum atomic E-state index is -0.617. The van der Waals surface area contributed by atoms with E-state index in [-0.39, 0.29) is 49.9 Å². The quantitative estimate of drug-likeness (QED) is 0.279. The van der Waals surface area contributed by atoms with Gasteiger partial charge in [-0.3, -0.25) is 14.4 Å². The third-order valence-electron chi connectivity index (χ3n) is 7.57. The zero-order valence-corrected chi connectivity index (χ0v) is 23.9. The number of hydrogen-bond donors (Lipinski definition) is 2. The maximum Gasteiger partial charge on any atom is 0.309 e. The normalized spacial score (nSPS) is 19.9. The number of benzene rings is 3. The number of nitrogens with one attached hydrogen (secondary N) is 1. The highest BCUT2D eigenvalue weighted by Gasteiger charge is 2.28. The van der Waals surface area contributed by atoms with Crippen molar-refractivity contribution in [2.75, 3.05) is 19.8 Å². The van der Waals surface area contributed by atoms with Crippen LogP contribution in [0.15, 0.2) is 103 Å². The lowest BCUT2D eigenvalue weighted by Crippen LogP contribution is -2.40. The van der Waals surface area contributed by atoms with E-state index in [0.29, 0.717) is 32.2 Å². The highest BCUT2D eigenvalue weighted by Crippen LogP contribution is 2.22. The number of esters is 1. The van der Waals surface area contributed by atoms with Crippen molar-refractivity contribution in [3.05, 3.63) is 120 Å². The lowest BCUT2D eigenvalue weighted by atomic mass is 9.94. The van der Waals surface area contributed by atoms with Crippen LogP contribution in [-0.4, -0.2) is 47.5 Å². The first-order valence-corrected chi connectivity index (χ1v) is 14.7. The Morgan fingerprint density at radius 2 is 1.50 bits per heavy atom. The Labute approximate surface area is 248 Å². The molecular formula is C35H40N2O5. The summed E-state index contributed by atoms with van der Waals surface area (Å²) in [7, 11) is 0. The van der Waals surface area contributed by atoms with Crippen LogP contribution in [0, 0.1) is 11.8 Å². The van der Waals surface area contributed by atoms with Gasteiger partial charge in [-0.25, -0.2) is 0 Å². The third kappa shape index (κ3) is 9.42. The Morgan fingerprint density at radius 1 is 0.857 bits per heavy atom. The number of nitrogens with zero attached hydrogens (tertiary/aromatic N) is 1. The molecule has 0 bridgehead atoms. The molecule has 0 saturated heterocycles. The average Bonchev–Trinajstić information content (AvgIpc) is 3.03. The molecule has 2 amide bonds. The number of carbonyl (C=O) groups excluding carboxylic acids is 3. The van der Waals surface area contributed by atoms with E-state index in [1.807, 2.05) is 103 Å². The van der Waals surface area contributed by atoms with Crippen LogP contribution in [0.3, 0.4) is 0 Å². The summed E-state index contributed by atoms with van der Waals surface area (Å²) in [5.74, 6) is -1.69. The zero-order chi connectivity index (χ0) is 29.6. The van der Waals surface area contributed by atoms with Crippen LogP contribution in [0.5, 0.6) is 0 Å². The summed E-state index contributed by atoms with van der Waals surface area (Å²) >= 11 is 0. The smallest absolute Gasteiger partial charge is 0.309 e. The largest absolute Gasteiger partial charge is 0.463 e. The number of ether oxygens (including phenoxy) is 1. The molecule has 0 unspecified atom stereocenters. The van der Waals surface area contributed by atoms with E-state index < -0.39 is 12.0 Å². The first-order chi connectivity index (χ1) is 20.5. The second kappa shape index (κ2) is 16.3. The minimum Gasteiger partial charge on any atom is -0.463 e. The fraction of sp³-hybridized carbons (Fsp3) is 0.343. The Bertz CT molecular complexity index is 1300. The molecule has 0 radical (unpaired) electrons. The van der Waals surface area contributed by atoms with Gasteiger partial charge < -0.3 is 20.1 Å². The van der Waals surface area contributed by atoms with Gasteiger partial charge >= 0.3 is 5.97 Å². The molecule has 7 heteroatoms. The van der Waals surface area contributed by atoms with Gasteiger partial charge in [0.15, 0.2) is 0 Å². The topological polar surface area (TPSA) is 95.9 Å². The van der Waals surface area contributed by atoms with E-state index in [4.69, 9.17) is 4.74 Å². The molecule has 2 N–H and O–H groups in total. The summed E-state index contributed by atoms with van der Waals surface area (Å²) in [6.07, 6.45) is 6.16. The number of allylic oxidation sites excluding steroid dienone is 2. The molecule has 42 heavy (non-hydrogen) atoms. The number of aliphatic hydroxyl groups excluding tert-OH is 1. The summed E-state index contributed by atoms with van der Waals surface area (Å²) in [5.41, 5.74) is 2.84. The minimum absolute atomic E-state index is 0.000929. The summed E-state index contributed by atoms with van der Waals surface area (Å²) < 4.78 is 5.83. The van der Waals surface area contributed by atoms with Gasteiger partial charge in [-0.2, -0.15) is 0 Å². The van der Waals surface area contributed by atoms with Crippen molar-refractivity contribution in [1.82, 2.24) is 10.2 Å². The molecule has 0 spiro atoms. The number of cyclic esters (lactones) is 1. The molecule has 0 aromatic heterocycles. The number of hydrogen-bond acceptors (Lipinski definition) is 5. The summed E-state index contributed by atoms with van der Waals surface area (Å²) in [6, 6.07) is 28.4. The maximum absolute atomic E-state index is 13.7. The highest BCUT2D eigenvalue weighted by atomic mass is 16.5. The van der Waals surface area contributed by atoms with E-state index in [2.05, 4.69) is 5.32 Å². The van der Waals surface area contributed by atoms with Crippen LogP contribution in [0.1, 0.15) is 48.4 Å². The molecular weight excluding hydrogens is 528 g/mol. The van der Waals surface area contributed by atoms with Gasteiger partial charge in [-0.1, -0.05) is 103 Å². The van der Waals surface area contributed by atoms with Crippen LogP contribution in [0.4, 0.5) is 0 Å². The predicted octanol–water partition coefficient (Wildman–Crippen LogP) is 5.01. The SMILES string of the molecule is O=C1N[C@@H](c2ccccc2)COC(=O)[C@@H](Cc2ccccc2)CCC=CC[C@@H]1CC(=O)N(CCO)Cc1ccccc1. The van der Waals surface area contributed by atoms with E-state index in [9.17, 15) is 19.5 Å². The van der Waals surface area contributed by atoms with Crippen molar-refractivity contribution >= 4 is 17.8 Å². The lowest BCUT2D eigenvalue weighted by Gasteiger charge is -2.26. The van der Waals surface area contributed by atoms with Crippen molar-refractivity contribution in [2.45, 2.75) is 44.7 Å². The predicted molar refractivity (Wildman–Crippen MR) is 162 cm³/mol. The van der Waals surface area contributed by atoms with Crippen molar-refractivity contribution in [1.29, 1.82) is 0 Å². The fourth-order valence-electron chi connectivity index (χ4n) is 5.20. The molecule has 0 saturated carbocycles. The first kappa shape index (κ1) is 30.7. The van der Waals surface area contributed by atoms with E-state index in [0.717, 1.165) is 16.7 Å². The molecule has 3 aromatic carbocycles. The van der Waals surface area contributed by atoms with Gasteiger partial charge in [0.2, 0.25) is 11.8 Å². The number of rotatable bonds is 9. The van der Waals surface area contributed by atoms with Crippen molar-refractivity contribution < 1.29 is 24.2 Å². The molecule has 7 nitrogen and oxygen atoms in total. The van der Waals surface area contributed by atoms with Crippen molar-refractivity contribution in [2.24, 2.45) is 11.8 Å². The van der Waals surface area contributed by atoms with Crippen LogP contribution < -0.4 is 5.32 Å². The fourth-order valence-corrected chi connectivity index (χ4v) is 5.20. The maximum atomic E-state index is 13.7. The Kier molecular flexibility index (Phi) is 11.9. The molecule has 3 atom stereocenters. The molecule has 3 aromatic rings. The monoisotopic (exact) mass is 568 g/mol. The average molecular weight is 569 g/mol. The van der Waals surface area contributed by atoms with Crippen LogP contribution >= 0.6 is 0 Å². The van der Waals surface area contributed by atoms with Crippen molar-refractivity contribution in [3.63, 3.8) is 0 Å². The number of carbonyl (C=O) groups is 3. The molecule has 1 heterocycles. The summed E-state index contributed by atoms with van der Waals surface area (Å²) in [4.78, 5) is 41.9. The lowest BCUT2D eigenvalue weighted by molar-refractivity contribution is -0.150. The van der Waals surface area contributed by atoms with Crippen LogP contribution in [-0.2, 0) is 32.1 Å². The molecule has 1 aliphatic rings. The van der Waals surface area contributed by atoms with Crippen LogP contribution in [0.25, 0.3) is 0 Å². The third-order valence-corrected chi connectivity index (χ3v) is 7.57. The van der Waals surface area contributed by atoms with Gasteiger partial charge in [-0.05, 0) is 42.4 Å². The highest BCUT2D eigenvalue weighted by molar-refractivity contribution is 5.86. The van der Waals surface area contributed by atoms with Crippen LogP contribution in [0.2, 0.25) is 0 Å². The second-order valence-corrected chi connectivity index (χ2v) is 10.7. The summed E-state index contributed by atoms with van der Waals surface area (Å²) in [5, 5.41) is 12.7. The van der Waals surface area contributed by atoms with E-state index >= 15 is 0 Å². The second-order valence-electron chi connectivity index (χ2n) is 10.7. The van der Waals surface area contributed by atoms with Gasteiger partial charge in [0, 0.05) is 19.5 Å². The van der Waals surface area contributed by atoms with Gasteiger partial charge in [0.25, 0.3) is 0 Å². The van der Waals surface area contributed by atoms with Gasteiger partial charge in [0.05, 0.1) is 24.5 Å². The van der Waals surface area contributed by atoms with Gasteiger partial charge in [0.1, 0.15) is 6.61 Å². The Morgan fingerprint density at radius 3 is 2.17 bits per heavy atom. The Balaban J connectivity index is 1.53. The Hall–Kier alpha value is -4.23. The summed E-state index contributed by atoms with van der Waals surface area (Å²) in [6.45, 7) is 0.374.